The van der Waals surface area contributed by atoms with Crippen molar-refractivity contribution in [3.05, 3.63) is 29.8 Å². The third-order valence-electron chi connectivity index (χ3n) is 18.2. The molecule has 0 aliphatic carbocycles. The predicted octanol–water partition coefficient (Wildman–Crippen LogP) is -0.687. The van der Waals surface area contributed by atoms with E-state index in [0.717, 1.165) is 36.0 Å². The number of benzene rings is 1. The predicted molar refractivity (Wildman–Crippen MR) is 372 cm³/mol. The Hall–Kier alpha value is -9.83. The largest absolute Gasteiger partial charge is 0.481 e. The molecule has 1 aromatic rings. The van der Waals surface area contributed by atoms with Gasteiger partial charge >= 0.3 is 23.9 Å². The third kappa shape index (κ3) is 29.1. The number of rotatable bonds is 30. The maximum Gasteiger partial charge on any atom is 0.308 e. The Bertz CT molecular complexity index is 3200. The number of nitrogens with two attached hydrogens (primary N) is 1. The standard InChI is InChI=1S/C69H106N14O21/c1-7-8-9-10-11-12-13-14-15-16-17-18-19-25-49(84)74-43-28-26-42(27-29-43)32-50(85)75-46(35-55(92)93)62(96)81-59-41(6)73-63(97)48-24-22-31-83(48)67(101)56(38(2)3)79-66(100)58(40(5)70)78-52(87)37-72-60(94)44(33-53(88)89)76-51(86)36-71-61(95)45(34-54(90)91)77-65(99)57(39(4)69(103)104)80-64(98)47-23-20-21-30-82(47)68(59)102/h26-29,38-41,44-48,56-59H,7-25,30-37,70H2,1-6H3,(H,71,95)(H,72,94)(H,73,97)(H,74,84)(H,75,85)(H,76,86)(H,77,99)(H,78,87)(H,79,100)(H,80,98)(H,81,96)(H,88,89)(H,90,91)(H,92,93)(H,103,104). The fourth-order valence-electron chi connectivity index (χ4n) is 12.3. The molecule has 12 unspecified atom stereocenters. The van der Waals surface area contributed by atoms with Crippen molar-refractivity contribution < 1.29 is 102 Å². The highest BCUT2D eigenvalue weighted by atomic mass is 16.4. The first-order chi connectivity index (χ1) is 49.2. The summed E-state index contributed by atoms with van der Waals surface area (Å²) in [6.45, 7) is 6.45. The first kappa shape index (κ1) is 86.6. The highest BCUT2D eigenvalue weighted by Crippen LogP contribution is 2.24. The molecule has 0 radical (unpaired) electrons. The van der Waals surface area contributed by atoms with E-state index in [1.165, 1.54) is 71.6 Å². The average Bonchev–Trinajstić information content (AvgIpc) is 1.32. The second-order valence-electron chi connectivity index (χ2n) is 27.2. The molecule has 35 heteroatoms. The molecular weight excluding hydrogens is 1360 g/mol. The van der Waals surface area contributed by atoms with Crippen LogP contribution in [-0.4, -0.2) is 224 Å². The zero-order valence-electron chi connectivity index (χ0n) is 60.1. The van der Waals surface area contributed by atoms with Crippen LogP contribution < -0.4 is 64.2 Å². The van der Waals surface area contributed by atoms with E-state index in [0.29, 0.717) is 24.1 Å². The first-order valence-corrected chi connectivity index (χ1v) is 35.8. The number of unbranched alkanes of at least 4 members (excludes halogenated alkanes) is 12. The van der Waals surface area contributed by atoms with Crippen molar-refractivity contribution >= 4 is 106 Å². The van der Waals surface area contributed by atoms with Crippen LogP contribution in [0.1, 0.15) is 188 Å². The van der Waals surface area contributed by atoms with Gasteiger partial charge in [-0.1, -0.05) is 110 Å². The monoisotopic (exact) mass is 1470 g/mol. The van der Waals surface area contributed by atoms with E-state index in [2.05, 4.69) is 54.8 Å². The molecular formula is C69H106N14O21. The van der Waals surface area contributed by atoms with E-state index < -0.39 is 212 Å². The number of nitrogens with zero attached hydrogens (tertiary/aromatic N) is 2. The van der Waals surface area contributed by atoms with E-state index in [1.54, 1.807) is 38.1 Å². The van der Waals surface area contributed by atoms with Gasteiger partial charge in [0.25, 0.3) is 0 Å². The first-order valence-electron chi connectivity index (χ1n) is 35.8. The Kier molecular flexibility index (Phi) is 36.6. The van der Waals surface area contributed by atoms with Crippen molar-refractivity contribution in [2.75, 3.05) is 31.5 Å². The average molecular weight is 1470 g/mol. The second-order valence-corrected chi connectivity index (χ2v) is 27.2. The summed E-state index contributed by atoms with van der Waals surface area (Å²) < 4.78 is 0. The Morgan fingerprint density at radius 1 is 0.538 bits per heavy atom. The van der Waals surface area contributed by atoms with E-state index >= 15 is 4.79 Å². The molecule has 13 amide bonds. The van der Waals surface area contributed by atoms with Gasteiger partial charge < -0.3 is 94.4 Å². The van der Waals surface area contributed by atoms with Crippen LogP contribution in [0.5, 0.6) is 0 Å². The molecule has 35 nitrogen and oxygen atoms in total. The van der Waals surface area contributed by atoms with E-state index in [-0.39, 0.29) is 51.1 Å². The van der Waals surface area contributed by atoms with Crippen LogP contribution in [0.4, 0.5) is 5.69 Å². The Morgan fingerprint density at radius 3 is 1.56 bits per heavy atom. The number of aliphatic carboxylic acids is 4. The van der Waals surface area contributed by atoms with Gasteiger partial charge in [-0.25, -0.2) is 0 Å². The highest BCUT2D eigenvalue weighted by Gasteiger charge is 2.45. The number of carboxylic acids is 4. The SMILES string of the molecule is CCCCCCCCCCCCCCCC(=O)Nc1ccc(CC(=O)NC(CC(=O)O)C(=O)NC2C(=O)N3CCCCC3C(=O)NC(C(C)C(=O)O)C(=O)NC(CC(=O)O)C(=O)NCC(=O)NC(CC(=O)O)C(=O)NCC(=O)NC(C(C)N)C(=O)NC(C(C)C)C(=O)N3CCCC3C(=O)NC2C)cc1. The van der Waals surface area contributed by atoms with Crippen LogP contribution >= 0.6 is 0 Å². The lowest BCUT2D eigenvalue weighted by Crippen LogP contribution is -2.66. The number of anilines is 1. The third-order valence-corrected chi connectivity index (χ3v) is 18.2. The zero-order valence-corrected chi connectivity index (χ0v) is 60.1. The molecule has 4 rings (SSSR count). The van der Waals surface area contributed by atoms with Gasteiger partial charge in [-0.3, -0.25) is 81.5 Å². The van der Waals surface area contributed by atoms with E-state index in [1.807, 2.05) is 10.6 Å². The van der Waals surface area contributed by atoms with Gasteiger partial charge in [-0.2, -0.15) is 0 Å². The summed E-state index contributed by atoms with van der Waals surface area (Å²) in [6, 6.07) is -12.7. The van der Waals surface area contributed by atoms with Gasteiger partial charge in [0.2, 0.25) is 76.8 Å². The van der Waals surface area contributed by atoms with Crippen LogP contribution in [0, 0.1) is 11.8 Å². The van der Waals surface area contributed by atoms with Crippen LogP contribution in [-0.2, 0) is 87.9 Å². The summed E-state index contributed by atoms with van der Waals surface area (Å²) in [7, 11) is 0. The molecule has 0 aromatic heterocycles. The zero-order chi connectivity index (χ0) is 77.3. The van der Waals surface area contributed by atoms with Crippen LogP contribution in [0.3, 0.4) is 0 Å². The number of hydrogen-bond donors (Lipinski definition) is 16. The minimum Gasteiger partial charge on any atom is -0.481 e. The number of nitrogens with one attached hydrogen (secondary N) is 11. The van der Waals surface area contributed by atoms with Gasteiger partial charge in [0.1, 0.15) is 54.4 Å². The van der Waals surface area contributed by atoms with Crippen molar-refractivity contribution in [1.82, 2.24) is 63.0 Å². The summed E-state index contributed by atoms with van der Waals surface area (Å²) >= 11 is 0. The second kappa shape index (κ2) is 44.0. The number of piperidine rings is 1. The Morgan fingerprint density at radius 2 is 1.03 bits per heavy atom. The molecule has 17 N–H and O–H groups in total. The minimum absolute atomic E-state index is 0.00150. The van der Waals surface area contributed by atoms with Crippen molar-refractivity contribution in [3.8, 4) is 0 Å². The van der Waals surface area contributed by atoms with Crippen LogP contribution in [0.15, 0.2) is 24.3 Å². The lowest BCUT2D eigenvalue weighted by molar-refractivity contribution is -0.150. The fraction of sp³-hybridized carbons (Fsp3) is 0.667. The minimum atomic E-state index is -2.17. The molecule has 104 heavy (non-hydrogen) atoms. The topological polar surface area (TPSA) is 536 Å². The van der Waals surface area contributed by atoms with Gasteiger partial charge in [-0.05, 0) is 82.9 Å². The number of fused-ring (bicyclic) bond motifs is 2. The van der Waals surface area contributed by atoms with Crippen molar-refractivity contribution in [2.24, 2.45) is 17.6 Å². The molecule has 3 fully saturated rings. The smallest absolute Gasteiger partial charge is 0.308 e. The molecule has 3 saturated heterocycles. The summed E-state index contributed by atoms with van der Waals surface area (Å²) in [5, 5.41) is 65.4. The number of amides is 13. The Labute approximate surface area is 603 Å². The van der Waals surface area contributed by atoms with Crippen molar-refractivity contribution in [2.45, 2.75) is 256 Å². The maximum absolute atomic E-state index is 15.4. The molecule has 12 atom stereocenters. The number of hydrogen-bond acceptors (Lipinski definition) is 18. The van der Waals surface area contributed by atoms with Crippen LogP contribution in [0.25, 0.3) is 0 Å². The molecule has 3 aliphatic heterocycles. The molecule has 0 bridgehead atoms. The van der Waals surface area contributed by atoms with Gasteiger partial charge in [0.15, 0.2) is 0 Å². The number of carbonyl (C=O) groups is 17. The number of carboxylic acid groups (broad SMARTS) is 4. The van der Waals surface area contributed by atoms with E-state index in [9.17, 15) is 97.1 Å². The number of carbonyl (C=O) groups excluding carboxylic acids is 13. The summed E-state index contributed by atoms with van der Waals surface area (Å²) in [5.41, 5.74) is 6.96. The van der Waals surface area contributed by atoms with Crippen molar-refractivity contribution in [1.29, 1.82) is 0 Å². The summed E-state index contributed by atoms with van der Waals surface area (Å²) in [6.07, 6.45) is 11.9. The lowest BCUT2D eigenvalue weighted by atomic mass is 9.96. The molecule has 578 valence electrons. The van der Waals surface area contributed by atoms with Gasteiger partial charge in [0.05, 0.1) is 50.7 Å². The molecule has 3 heterocycles. The maximum atomic E-state index is 15.4. The van der Waals surface area contributed by atoms with Gasteiger partial charge in [0, 0.05) is 31.2 Å². The summed E-state index contributed by atoms with van der Waals surface area (Å²) in [5.74, 6) is -23.1. The van der Waals surface area contributed by atoms with Crippen molar-refractivity contribution in [3.63, 3.8) is 0 Å². The lowest BCUT2D eigenvalue weighted by Gasteiger charge is -2.39. The quantitative estimate of drug-likeness (QED) is 0.0424. The van der Waals surface area contributed by atoms with E-state index in [4.69, 9.17) is 5.73 Å². The normalized spacial score (nSPS) is 23.4. The van der Waals surface area contributed by atoms with Crippen LogP contribution in [0.2, 0.25) is 0 Å². The molecule has 3 aliphatic rings. The Balaban J connectivity index is 1.68. The van der Waals surface area contributed by atoms with Gasteiger partial charge in [-0.15, -0.1) is 0 Å². The fourth-order valence-corrected chi connectivity index (χ4v) is 12.3. The molecule has 0 saturated carbocycles. The molecule has 1 aromatic carbocycles. The highest BCUT2D eigenvalue weighted by molar-refractivity contribution is 6.01. The molecule has 0 spiro atoms. The summed E-state index contributed by atoms with van der Waals surface area (Å²) in [4.78, 5) is 233.